The van der Waals surface area contributed by atoms with Gasteiger partial charge in [0.15, 0.2) is 10.8 Å². The van der Waals surface area contributed by atoms with Crippen molar-refractivity contribution in [3.05, 3.63) is 16.8 Å². The Labute approximate surface area is 156 Å². The summed E-state index contributed by atoms with van der Waals surface area (Å²) in [5.41, 5.74) is 1.19. The van der Waals surface area contributed by atoms with E-state index in [4.69, 9.17) is 26.6 Å². The lowest BCUT2D eigenvalue weighted by Crippen LogP contribution is -2.31. The topological polar surface area (TPSA) is 128 Å². The van der Waals surface area contributed by atoms with Gasteiger partial charge in [-0.15, -0.1) is 0 Å². The highest BCUT2D eigenvalue weighted by molar-refractivity contribution is 7.51. The smallest absolute Gasteiger partial charge is 0.324 e. The van der Waals surface area contributed by atoms with Gasteiger partial charge < -0.3 is 14.4 Å². The van der Waals surface area contributed by atoms with Gasteiger partial charge in [-0.1, -0.05) is 25.4 Å². The van der Waals surface area contributed by atoms with E-state index in [0.29, 0.717) is 48.1 Å². The van der Waals surface area contributed by atoms with E-state index in [1.165, 1.54) is 0 Å². The first-order valence-corrected chi connectivity index (χ1v) is 10.5. The van der Waals surface area contributed by atoms with E-state index in [1.807, 2.05) is 24.5 Å². The van der Waals surface area contributed by atoms with Crippen molar-refractivity contribution in [3.8, 4) is 6.07 Å². The normalized spacial score (nSPS) is 12.0. The number of imidazole rings is 1. The van der Waals surface area contributed by atoms with E-state index in [0.717, 1.165) is 5.82 Å². The molecule has 0 aliphatic rings. The van der Waals surface area contributed by atoms with Gasteiger partial charge in [0.05, 0.1) is 18.8 Å². The van der Waals surface area contributed by atoms with Crippen molar-refractivity contribution in [2.24, 2.45) is 0 Å². The van der Waals surface area contributed by atoms with Crippen LogP contribution in [0, 0.1) is 11.3 Å². The molecule has 11 heteroatoms. The first kappa shape index (κ1) is 20.7. The van der Waals surface area contributed by atoms with Crippen LogP contribution in [0.3, 0.4) is 0 Å². The van der Waals surface area contributed by atoms with E-state index in [-0.39, 0.29) is 19.3 Å². The molecule has 2 aromatic heterocycles. The molecule has 0 bridgehead atoms. The maximum atomic E-state index is 11.1. The minimum atomic E-state index is -4.11. The fourth-order valence-electron chi connectivity index (χ4n) is 2.60. The predicted octanol–water partition coefficient (Wildman–Crippen LogP) is 1.61. The summed E-state index contributed by atoms with van der Waals surface area (Å²) in [6.07, 6.45) is 1.04. The molecule has 0 amide bonds. The highest BCUT2D eigenvalue weighted by Crippen LogP contribution is 2.33. The summed E-state index contributed by atoms with van der Waals surface area (Å²) in [6, 6.07) is 2.03. The molecule has 0 aromatic carbocycles. The van der Waals surface area contributed by atoms with Crippen LogP contribution in [0.15, 0.2) is 0 Å². The molecule has 0 spiro atoms. The van der Waals surface area contributed by atoms with Gasteiger partial charge in [-0.25, -0.2) is 15.0 Å². The van der Waals surface area contributed by atoms with Crippen LogP contribution in [0.25, 0.3) is 11.2 Å². The second-order valence-corrected chi connectivity index (χ2v) is 7.95. The number of rotatable bonds is 9. The fourth-order valence-corrected chi connectivity index (χ4v) is 3.37. The van der Waals surface area contributed by atoms with E-state index < -0.39 is 7.60 Å². The van der Waals surface area contributed by atoms with Crippen molar-refractivity contribution in [3.63, 3.8) is 0 Å². The molecule has 26 heavy (non-hydrogen) atoms. The Hall–Kier alpha value is -1.56. The monoisotopic (exact) mass is 400 g/mol. The standard InChI is InChI=1S/C15H22ClN6O3P/c1-3-11-18-14(16)13-15(19-11)22(12(4-2)20-13)8-7-21(6-5-17)9-10-26(23,24)25/h3-4,6-10H2,1-2H3,(H2,23,24,25). The Morgan fingerprint density at radius 3 is 2.54 bits per heavy atom. The van der Waals surface area contributed by atoms with Crippen LogP contribution in [0.5, 0.6) is 0 Å². The minimum absolute atomic E-state index is 0.0873. The lowest BCUT2D eigenvalue weighted by atomic mass is 10.4. The highest BCUT2D eigenvalue weighted by atomic mass is 35.5. The zero-order valence-electron chi connectivity index (χ0n) is 14.8. The van der Waals surface area contributed by atoms with Gasteiger partial charge in [-0.3, -0.25) is 9.46 Å². The average Bonchev–Trinajstić information content (AvgIpc) is 2.94. The number of hydrogen-bond donors (Lipinski definition) is 2. The Kier molecular flexibility index (Phi) is 7.09. The lowest BCUT2D eigenvalue weighted by Gasteiger charge is -2.20. The van der Waals surface area contributed by atoms with Gasteiger partial charge in [0.2, 0.25) is 0 Å². The summed E-state index contributed by atoms with van der Waals surface area (Å²) >= 11 is 6.23. The number of hydrogen-bond acceptors (Lipinski definition) is 6. The van der Waals surface area contributed by atoms with E-state index in [1.54, 1.807) is 4.90 Å². The molecule has 9 nitrogen and oxygen atoms in total. The SMILES string of the molecule is CCc1nc(Cl)c2nc(CC)n(CCN(CC#N)CCP(=O)(O)O)c2n1. The number of halogens is 1. The van der Waals surface area contributed by atoms with Crippen LogP contribution in [0.2, 0.25) is 5.15 Å². The van der Waals surface area contributed by atoms with Crippen molar-refractivity contribution < 1.29 is 14.4 Å². The van der Waals surface area contributed by atoms with Gasteiger partial charge in [0, 0.05) is 32.5 Å². The molecule has 0 saturated heterocycles. The summed E-state index contributed by atoms with van der Waals surface area (Å²) in [5, 5.41) is 9.27. The third-order valence-corrected chi connectivity index (χ3v) is 5.00. The second kappa shape index (κ2) is 8.89. The number of fused-ring (bicyclic) bond motifs is 1. The quantitative estimate of drug-likeness (QED) is 0.369. The zero-order chi connectivity index (χ0) is 19.3. The Balaban J connectivity index is 2.26. The molecule has 2 heterocycles. The molecule has 2 rings (SSSR count). The van der Waals surface area contributed by atoms with Crippen molar-refractivity contribution in [2.45, 2.75) is 33.2 Å². The molecular weight excluding hydrogens is 379 g/mol. The third-order valence-electron chi connectivity index (χ3n) is 3.95. The van der Waals surface area contributed by atoms with Gasteiger partial charge in [-0.2, -0.15) is 5.26 Å². The molecule has 0 aliphatic carbocycles. The highest BCUT2D eigenvalue weighted by Gasteiger charge is 2.18. The van der Waals surface area contributed by atoms with Crippen LogP contribution < -0.4 is 0 Å². The second-order valence-electron chi connectivity index (χ2n) is 5.81. The zero-order valence-corrected chi connectivity index (χ0v) is 16.4. The number of aromatic nitrogens is 4. The number of nitrogens with zero attached hydrogens (tertiary/aromatic N) is 6. The first-order valence-electron chi connectivity index (χ1n) is 8.34. The third kappa shape index (κ3) is 5.22. The van der Waals surface area contributed by atoms with Crippen LogP contribution in [0.1, 0.15) is 25.5 Å². The Morgan fingerprint density at radius 2 is 1.96 bits per heavy atom. The summed E-state index contributed by atoms with van der Waals surface area (Å²) in [5.74, 6) is 1.43. The average molecular weight is 401 g/mol. The minimum Gasteiger partial charge on any atom is -0.324 e. The number of nitriles is 1. The molecule has 2 N–H and O–H groups in total. The van der Waals surface area contributed by atoms with Crippen molar-refractivity contribution in [1.29, 1.82) is 5.26 Å². The maximum absolute atomic E-state index is 11.1. The molecule has 0 unspecified atom stereocenters. The molecular formula is C15H22ClN6O3P. The van der Waals surface area contributed by atoms with Crippen molar-refractivity contribution in [1.82, 2.24) is 24.4 Å². The fraction of sp³-hybridized carbons (Fsp3) is 0.600. The molecule has 0 saturated carbocycles. The summed E-state index contributed by atoms with van der Waals surface area (Å²) < 4.78 is 13.0. The van der Waals surface area contributed by atoms with Crippen LogP contribution >= 0.6 is 19.2 Å². The molecule has 0 fully saturated rings. The molecule has 0 radical (unpaired) electrons. The number of aryl methyl sites for hydroxylation is 2. The lowest BCUT2D eigenvalue weighted by molar-refractivity contribution is 0.295. The van der Waals surface area contributed by atoms with E-state index in [2.05, 4.69) is 15.0 Å². The summed E-state index contributed by atoms with van der Waals surface area (Å²) in [4.78, 5) is 33.1. The maximum Gasteiger partial charge on any atom is 0.326 e. The van der Waals surface area contributed by atoms with Crippen molar-refractivity contribution in [2.75, 3.05) is 25.8 Å². The Morgan fingerprint density at radius 1 is 1.23 bits per heavy atom. The Bertz CT molecular complexity index is 859. The molecule has 2 aromatic rings. The van der Waals surface area contributed by atoms with Crippen LogP contribution in [-0.4, -0.2) is 60.0 Å². The van der Waals surface area contributed by atoms with E-state index >= 15 is 0 Å². The molecule has 0 atom stereocenters. The van der Waals surface area contributed by atoms with Crippen LogP contribution in [-0.2, 0) is 24.0 Å². The first-order chi connectivity index (χ1) is 12.3. The van der Waals surface area contributed by atoms with Crippen molar-refractivity contribution >= 4 is 30.4 Å². The van der Waals surface area contributed by atoms with Gasteiger partial charge in [0.1, 0.15) is 17.2 Å². The van der Waals surface area contributed by atoms with E-state index in [9.17, 15) is 4.57 Å². The van der Waals surface area contributed by atoms with Gasteiger partial charge >= 0.3 is 7.60 Å². The summed E-state index contributed by atoms with van der Waals surface area (Å²) in [6.45, 7) is 5.07. The van der Waals surface area contributed by atoms with Crippen LogP contribution in [0.4, 0.5) is 0 Å². The largest absolute Gasteiger partial charge is 0.326 e. The molecule has 0 aliphatic heterocycles. The predicted molar refractivity (Wildman–Crippen MR) is 98.1 cm³/mol. The van der Waals surface area contributed by atoms with Gasteiger partial charge in [0.25, 0.3) is 0 Å². The van der Waals surface area contributed by atoms with Gasteiger partial charge in [-0.05, 0) is 0 Å². The molecule has 142 valence electrons. The summed E-state index contributed by atoms with van der Waals surface area (Å²) in [7, 11) is -4.11.